The summed E-state index contributed by atoms with van der Waals surface area (Å²) in [6.07, 6.45) is 5.24. The van der Waals surface area contributed by atoms with Crippen LogP contribution in [0.3, 0.4) is 0 Å². The van der Waals surface area contributed by atoms with E-state index in [1.165, 1.54) is 0 Å². The molecule has 0 bridgehead atoms. The molecule has 1 heterocycles. The predicted octanol–water partition coefficient (Wildman–Crippen LogP) is 3.23. The quantitative estimate of drug-likeness (QED) is 0.943. The molecule has 5 heteroatoms. The molecule has 19 heavy (non-hydrogen) atoms. The molecule has 0 aliphatic carbocycles. The van der Waals surface area contributed by atoms with Crippen LogP contribution in [0.15, 0.2) is 35.1 Å². The Morgan fingerprint density at radius 3 is 2.84 bits per heavy atom. The summed E-state index contributed by atoms with van der Waals surface area (Å²) in [6.45, 7) is 0. The molecule has 0 spiro atoms. The first-order valence-electron chi connectivity index (χ1n) is 5.66. The monoisotopic (exact) mass is 320 g/mol. The number of halogens is 1. The van der Waals surface area contributed by atoms with E-state index in [2.05, 4.69) is 20.9 Å². The number of hydrogen-bond acceptors (Lipinski definition) is 3. The summed E-state index contributed by atoms with van der Waals surface area (Å²) < 4.78 is 0.731. The minimum Gasteiger partial charge on any atom is -0.478 e. The zero-order valence-corrected chi connectivity index (χ0v) is 12.2. The average molecular weight is 321 g/mol. The van der Waals surface area contributed by atoms with Crippen LogP contribution in [0.2, 0.25) is 0 Å². The van der Waals surface area contributed by atoms with E-state index >= 15 is 0 Å². The number of benzene rings is 1. The summed E-state index contributed by atoms with van der Waals surface area (Å²) in [7, 11) is 3.76. The lowest BCUT2D eigenvalue weighted by atomic mass is 10.0. The molecular weight excluding hydrogens is 308 g/mol. The third-order valence-electron chi connectivity index (χ3n) is 2.65. The van der Waals surface area contributed by atoms with Crippen LogP contribution in [0.5, 0.6) is 0 Å². The van der Waals surface area contributed by atoms with Crippen molar-refractivity contribution in [2.24, 2.45) is 0 Å². The Labute approximate surface area is 119 Å². The third-order valence-corrected chi connectivity index (χ3v) is 3.31. The second kappa shape index (κ2) is 5.40. The van der Waals surface area contributed by atoms with Crippen LogP contribution in [0.4, 0.5) is 0 Å². The molecule has 0 saturated carbocycles. The van der Waals surface area contributed by atoms with Gasteiger partial charge in [-0.2, -0.15) is 0 Å². The second-order valence-corrected chi connectivity index (χ2v) is 5.16. The fourth-order valence-corrected chi connectivity index (χ4v) is 2.34. The smallest absolute Gasteiger partial charge is 0.336 e. The Hall–Kier alpha value is -1.88. The van der Waals surface area contributed by atoms with Gasteiger partial charge in [-0.15, -0.1) is 0 Å². The molecule has 1 aromatic heterocycles. The Bertz CT molecular complexity index is 666. The highest BCUT2D eigenvalue weighted by Crippen LogP contribution is 2.29. The number of hydrogen-bond donors (Lipinski definition) is 1. The summed E-state index contributed by atoms with van der Waals surface area (Å²) in [6, 6.07) is 5.35. The first-order chi connectivity index (χ1) is 9.00. The fourth-order valence-electron chi connectivity index (χ4n) is 1.79. The van der Waals surface area contributed by atoms with Crippen molar-refractivity contribution in [2.75, 3.05) is 14.1 Å². The van der Waals surface area contributed by atoms with Gasteiger partial charge in [0.05, 0.1) is 11.1 Å². The minimum absolute atomic E-state index is 0.233. The van der Waals surface area contributed by atoms with Gasteiger partial charge in [-0.1, -0.05) is 22.0 Å². The number of carboxylic acid groups (broad SMARTS) is 1. The van der Waals surface area contributed by atoms with Gasteiger partial charge in [-0.25, -0.2) is 4.79 Å². The van der Waals surface area contributed by atoms with Crippen LogP contribution in [-0.2, 0) is 0 Å². The normalized spacial score (nSPS) is 11.1. The van der Waals surface area contributed by atoms with E-state index in [9.17, 15) is 9.90 Å². The lowest BCUT2D eigenvalue weighted by Gasteiger charge is -2.09. The summed E-state index contributed by atoms with van der Waals surface area (Å²) in [4.78, 5) is 17.5. The second-order valence-electron chi connectivity index (χ2n) is 4.30. The van der Waals surface area contributed by atoms with E-state index in [0.29, 0.717) is 11.1 Å². The van der Waals surface area contributed by atoms with Crippen molar-refractivity contribution in [1.29, 1.82) is 0 Å². The number of pyridine rings is 1. The van der Waals surface area contributed by atoms with Crippen LogP contribution in [0, 0.1) is 0 Å². The van der Waals surface area contributed by atoms with Crippen LogP contribution >= 0.6 is 15.9 Å². The van der Waals surface area contributed by atoms with Crippen molar-refractivity contribution in [3.8, 4) is 0 Å². The van der Waals surface area contributed by atoms with Crippen molar-refractivity contribution in [1.82, 2.24) is 9.88 Å². The molecule has 0 fully saturated rings. The van der Waals surface area contributed by atoms with Crippen molar-refractivity contribution in [3.63, 3.8) is 0 Å². The number of aromatic carboxylic acids is 1. The Morgan fingerprint density at radius 2 is 2.21 bits per heavy atom. The van der Waals surface area contributed by atoms with E-state index in [0.717, 1.165) is 9.86 Å². The molecule has 0 atom stereocenters. The molecule has 4 nitrogen and oxygen atoms in total. The molecule has 0 amide bonds. The van der Waals surface area contributed by atoms with E-state index in [4.69, 9.17) is 0 Å². The number of rotatable bonds is 3. The lowest BCUT2D eigenvalue weighted by molar-refractivity contribution is 0.0696. The van der Waals surface area contributed by atoms with Crippen LogP contribution < -0.4 is 0 Å². The van der Waals surface area contributed by atoms with Crippen molar-refractivity contribution in [3.05, 3.63) is 46.2 Å². The van der Waals surface area contributed by atoms with Gasteiger partial charge in [0.15, 0.2) is 0 Å². The molecule has 0 saturated heterocycles. The van der Waals surface area contributed by atoms with E-state index in [1.54, 1.807) is 18.3 Å². The Balaban J connectivity index is 2.79. The van der Waals surface area contributed by atoms with Crippen molar-refractivity contribution < 1.29 is 9.90 Å². The molecule has 1 N–H and O–H groups in total. The molecule has 0 aliphatic rings. The van der Waals surface area contributed by atoms with Gasteiger partial charge < -0.3 is 10.0 Å². The first-order valence-corrected chi connectivity index (χ1v) is 6.45. The van der Waals surface area contributed by atoms with E-state index < -0.39 is 5.97 Å². The first kappa shape index (κ1) is 13.5. The summed E-state index contributed by atoms with van der Waals surface area (Å²) >= 11 is 3.39. The highest BCUT2D eigenvalue weighted by Gasteiger charge is 2.15. The molecule has 2 aromatic rings. The van der Waals surface area contributed by atoms with Gasteiger partial charge in [0.25, 0.3) is 0 Å². The molecule has 0 aliphatic heterocycles. The number of nitrogens with zero attached hydrogens (tertiary/aromatic N) is 2. The van der Waals surface area contributed by atoms with E-state index in [-0.39, 0.29) is 5.56 Å². The molecule has 1 aromatic carbocycles. The lowest BCUT2D eigenvalue weighted by Crippen LogP contribution is -2.04. The number of carbonyl (C=O) groups is 1. The average Bonchev–Trinajstić information content (AvgIpc) is 2.37. The van der Waals surface area contributed by atoms with Crippen LogP contribution in [0.25, 0.3) is 17.0 Å². The maximum Gasteiger partial charge on any atom is 0.336 e. The van der Waals surface area contributed by atoms with Gasteiger partial charge in [-0.3, -0.25) is 4.98 Å². The summed E-state index contributed by atoms with van der Waals surface area (Å²) in [5, 5.41) is 10.2. The topological polar surface area (TPSA) is 53.4 Å². The third kappa shape index (κ3) is 2.76. The van der Waals surface area contributed by atoms with Gasteiger partial charge >= 0.3 is 5.97 Å². The van der Waals surface area contributed by atoms with Crippen molar-refractivity contribution in [2.45, 2.75) is 0 Å². The SMILES string of the molecule is CN(C)/C=C/c1c(C(=O)O)cc(Br)c2cccnc12. The maximum absolute atomic E-state index is 11.4. The standard InChI is InChI=1S/C14H13BrN2O2/c1-17(2)7-5-9-11(14(18)19)8-12(15)10-4-3-6-16-13(9)10/h3-8H,1-2H3,(H,18,19)/b7-5+. The highest BCUT2D eigenvalue weighted by atomic mass is 79.9. The molecule has 98 valence electrons. The Kier molecular flexibility index (Phi) is 3.85. The summed E-state index contributed by atoms with van der Waals surface area (Å²) in [5.74, 6) is -0.966. The highest BCUT2D eigenvalue weighted by molar-refractivity contribution is 9.10. The van der Waals surface area contributed by atoms with Gasteiger partial charge in [0, 0.05) is 35.7 Å². The number of aromatic nitrogens is 1. The molecular formula is C14H13BrN2O2. The molecule has 0 radical (unpaired) electrons. The zero-order chi connectivity index (χ0) is 14.0. The zero-order valence-electron chi connectivity index (χ0n) is 10.6. The maximum atomic E-state index is 11.4. The Morgan fingerprint density at radius 1 is 1.47 bits per heavy atom. The van der Waals surface area contributed by atoms with Crippen molar-refractivity contribution >= 4 is 38.9 Å². The predicted molar refractivity (Wildman–Crippen MR) is 79.1 cm³/mol. The van der Waals surface area contributed by atoms with Gasteiger partial charge in [0.2, 0.25) is 0 Å². The van der Waals surface area contributed by atoms with Crippen LogP contribution in [-0.4, -0.2) is 35.1 Å². The summed E-state index contributed by atoms with van der Waals surface area (Å²) in [5.41, 5.74) is 1.52. The van der Waals surface area contributed by atoms with E-state index in [1.807, 2.05) is 37.3 Å². The fraction of sp³-hybridized carbons (Fsp3) is 0.143. The molecule has 0 unspecified atom stereocenters. The van der Waals surface area contributed by atoms with Gasteiger partial charge in [-0.05, 0) is 24.4 Å². The molecule has 2 rings (SSSR count). The minimum atomic E-state index is -0.966. The largest absolute Gasteiger partial charge is 0.478 e. The number of carboxylic acids is 1. The van der Waals surface area contributed by atoms with Crippen LogP contribution in [0.1, 0.15) is 15.9 Å². The van der Waals surface area contributed by atoms with Gasteiger partial charge in [0.1, 0.15) is 0 Å². The number of fused-ring (bicyclic) bond motifs is 1.